The maximum Gasteiger partial charge on any atom is 0.164 e. The van der Waals surface area contributed by atoms with Crippen LogP contribution in [0.5, 0.6) is 0 Å². The molecule has 0 N–H and O–H groups in total. The predicted molar refractivity (Wildman–Crippen MR) is 201 cm³/mol. The second kappa shape index (κ2) is 11.0. The van der Waals surface area contributed by atoms with E-state index in [4.69, 9.17) is 19.4 Å². The molecule has 0 unspecified atom stereocenters. The van der Waals surface area contributed by atoms with Gasteiger partial charge in [-0.1, -0.05) is 146 Å². The highest BCUT2D eigenvalue weighted by Gasteiger charge is 2.23. The van der Waals surface area contributed by atoms with Crippen LogP contribution in [0.1, 0.15) is 0 Å². The minimum atomic E-state index is 0.602. The maximum absolute atomic E-state index is 6.81. The number of furan rings is 1. The molecule has 4 nitrogen and oxygen atoms in total. The largest absolute Gasteiger partial charge is 0.455 e. The zero-order valence-electron chi connectivity index (χ0n) is 26.3. The van der Waals surface area contributed by atoms with Crippen molar-refractivity contribution in [3.63, 3.8) is 0 Å². The Labute approximate surface area is 282 Å². The quantitative estimate of drug-likeness (QED) is 0.183. The lowest BCUT2D eigenvalue weighted by Crippen LogP contribution is -2.01. The van der Waals surface area contributed by atoms with Crippen molar-refractivity contribution >= 4 is 54.3 Å². The molecule has 0 aliphatic heterocycles. The normalized spacial score (nSPS) is 11.7. The van der Waals surface area contributed by atoms with Crippen LogP contribution in [0.4, 0.5) is 0 Å². The topological polar surface area (TPSA) is 51.8 Å². The molecule has 4 heteroatoms. The van der Waals surface area contributed by atoms with Crippen molar-refractivity contribution in [1.82, 2.24) is 15.0 Å². The van der Waals surface area contributed by atoms with E-state index < -0.39 is 0 Å². The lowest BCUT2D eigenvalue weighted by atomic mass is 9.91. The summed E-state index contributed by atoms with van der Waals surface area (Å²) in [5, 5.41) is 8.94. The summed E-state index contributed by atoms with van der Waals surface area (Å²) in [6.07, 6.45) is 0. The van der Waals surface area contributed by atoms with Gasteiger partial charge in [-0.05, 0) is 56.3 Å². The van der Waals surface area contributed by atoms with E-state index in [1.165, 1.54) is 10.8 Å². The molecule has 0 aliphatic carbocycles. The summed E-state index contributed by atoms with van der Waals surface area (Å²) in [5.74, 6) is 1.84. The van der Waals surface area contributed by atoms with Gasteiger partial charge in [-0.2, -0.15) is 0 Å². The smallest absolute Gasteiger partial charge is 0.164 e. The highest BCUT2D eigenvalue weighted by molar-refractivity contribution is 6.34. The van der Waals surface area contributed by atoms with Gasteiger partial charge in [-0.25, -0.2) is 15.0 Å². The summed E-state index contributed by atoms with van der Waals surface area (Å²) in [7, 11) is 0. The number of aromatic nitrogens is 3. The van der Waals surface area contributed by atoms with Crippen molar-refractivity contribution in [1.29, 1.82) is 0 Å². The predicted octanol–water partition coefficient (Wildman–Crippen LogP) is 11.9. The number of hydrogen-bond donors (Lipinski definition) is 0. The van der Waals surface area contributed by atoms with Crippen LogP contribution in [0.25, 0.3) is 99.5 Å². The number of para-hydroxylation sites is 1. The Morgan fingerprint density at radius 1 is 0.327 bits per heavy atom. The van der Waals surface area contributed by atoms with Crippen molar-refractivity contribution in [3.05, 3.63) is 164 Å². The molecule has 2 aromatic heterocycles. The number of rotatable bonds is 4. The number of hydrogen-bond acceptors (Lipinski definition) is 4. The van der Waals surface area contributed by atoms with E-state index in [1.807, 2.05) is 48.5 Å². The monoisotopic (exact) mass is 625 g/mol. The van der Waals surface area contributed by atoms with Gasteiger partial charge in [-0.3, -0.25) is 0 Å². The van der Waals surface area contributed by atoms with Crippen LogP contribution in [0.15, 0.2) is 168 Å². The van der Waals surface area contributed by atoms with Gasteiger partial charge in [0, 0.05) is 32.8 Å². The fourth-order valence-electron chi connectivity index (χ4n) is 7.26. The second-order valence-corrected chi connectivity index (χ2v) is 12.4. The molecule has 2 heterocycles. The second-order valence-electron chi connectivity index (χ2n) is 12.4. The number of nitrogens with zero attached hydrogens (tertiary/aromatic N) is 3. The van der Waals surface area contributed by atoms with Gasteiger partial charge in [0.25, 0.3) is 0 Å². The summed E-state index contributed by atoms with van der Waals surface area (Å²) in [4.78, 5) is 15.5. The van der Waals surface area contributed by atoms with E-state index in [1.54, 1.807) is 0 Å². The van der Waals surface area contributed by atoms with Crippen molar-refractivity contribution in [2.45, 2.75) is 0 Å². The Bertz CT molecular complexity index is 2880. The molecular weight excluding hydrogens is 599 g/mol. The molecule has 49 heavy (non-hydrogen) atoms. The maximum atomic E-state index is 6.81. The molecule has 10 aromatic rings. The fraction of sp³-hybridized carbons (Fsp3) is 0. The van der Waals surface area contributed by atoms with Gasteiger partial charge in [0.15, 0.2) is 17.5 Å². The standard InChI is InChI=1S/C45H27N3O/c1-3-14-28(15-4-1)30-18-13-19-31(26-30)44-46-43(29-16-5-2-6-17-29)47-45(48-44)38-27-37-34-22-8-7-20-32(34)33-21-9-10-23-35(33)40(37)42-41(38)36-24-11-12-25-39(36)49-42/h1-27H. The third-order valence-electron chi connectivity index (χ3n) is 9.49. The van der Waals surface area contributed by atoms with Crippen molar-refractivity contribution in [2.24, 2.45) is 0 Å². The molecule has 0 saturated heterocycles. The Balaban J connectivity index is 1.33. The van der Waals surface area contributed by atoms with Gasteiger partial charge in [-0.15, -0.1) is 0 Å². The summed E-state index contributed by atoms with van der Waals surface area (Å²) in [5.41, 5.74) is 6.68. The summed E-state index contributed by atoms with van der Waals surface area (Å²) in [6, 6.07) is 56.7. The van der Waals surface area contributed by atoms with Crippen LogP contribution in [0, 0.1) is 0 Å². The molecule has 10 rings (SSSR count). The van der Waals surface area contributed by atoms with E-state index in [0.717, 1.165) is 71.3 Å². The first-order chi connectivity index (χ1) is 24.3. The molecule has 8 aromatic carbocycles. The average Bonchev–Trinajstić information content (AvgIpc) is 3.58. The Morgan fingerprint density at radius 2 is 0.837 bits per heavy atom. The van der Waals surface area contributed by atoms with Crippen LogP contribution in [0.2, 0.25) is 0 Å². The minimum absolute atomic E-state index is 0.602. The Hall–Kier alpha value is -6.65. The Morgan fingerprint density at radius 3 is 1.57 bits per heavy atom. The first kappa shape index (κ1) is 27.5. The van der Waals surface area contributed by atoms with E-state index in [-0.39, 0.29) is 0 Å². The molecule has 0 saturated carbocycles. The van der Waals surface area contributed by atoms with Crippen molar-refractivity contribution in [3.8, 4) is 45.3 Å². The van der Waals surface area contributed by atoms with Gasteiger partial charge >= 0.3 is 0 Å². The third kappa shape index (κ3) is 4.42. The number of benzene rings is 8. The highest BCUT2D eigenvalue weighted by atomic mass is 16.3. The highest BCUT2D eigenvalue weighted by Crippen LogP contribution is 2.46. The van der Waals surface area contributed by atoms with E-state index in [0.29, 0.717) is 17.5 Å². The zero-order valence-corrected chi connectivity index (χ0v) is 26.3. The average molecular weight is 626 g/mol. The first-order valence-corrected chi connectivity index (χ1v) is 16.5. The van der Waals surface area contributed by atoms with Crippen molar-refractivity contribution in [2.75, 3.05) is 0 Å². The van der Waals surface area contributed by atoms with E-state index in [9.17, 15) is 0 Å². The fourth-order valence-corrected chi connectivity index (χ4v) is 7.26. The molecule has 0 atom stereocenters. The van der Waals surface area contributed by atoms with Crippen LogP contribution in [0.3, 0.4) is 0 Å². The van der Waals surface area contributed by atoms with E-state index in [2.05, 4.69) is 115 Å². The van der Waals surface area contributed by atoms with Crippen LogP contribution in [-0.2, 0) is 0 Å². The van der Waals surface area contributed by atoms with Gasteiger partial charge in [0.2, 0.25) is 0 Å². The van der Waals surface area contributed by atoms with Crippen LogP contribution in [-0.4, -0.2) is 15.0 Å². The summed E-state index contributed by atoms with van der Waals surface area (Å²) in [6.45, 7) is 0. The molecule has 0 radical (unpaired) electrons. The van der Waals surface area contributed by atoms with E-state index >= 15 is 0 Å². The summed E-state index contributed by atoms with van der Waals surface area (Å²) >= 11 is 0. The minimum Gasteiger partial charge on any atom is -0.455 e. The van der Waals surface area contributed by atoms with Gasteiger partial charge in [0.05, 0.1) is 0 Å². The molecule has 0 fully saturated rings. The molecule has 228 valence electrons. The summed E-state index contributed by atoms with van der Waals surface area (Å²) < 4.78 is 6.81. The molecule has 0 aliphatic rings. The van der Waals surface area contributed by atoms with Crippen LogP contribution >= 0.6 is 0 Å². The first-order valence-electron chi connectivity index (χ1n) is 16.5. The SMILES string of the molecule is c1ccc(-c2cccc(-c3nc(-c4ccccc4)nc(-c4cc5c6ccccc6c6ccccc6c5c5oc6ccccc6c45)n3)c2)cc1. The molecule has 0 bridgehead atoms. The molecule has 0 amide bonds. The van der Waals surface area contributed by atoms with Crippen LogP contribution < -0.4 is 0 Å². The molecule has 0 spiro atoms. The molecular formula is C45H27N3O. The van der Waals surface area contributed by atoms with Crippen molar-refractivity contribution < 1.29 is 4.42 Å². The number of fused-ring (bicyclic) bond motifs is 10. The van der Waals surface area contributed by atoms with Gasteiger partial charge in [0.1, 0.15) is 11.2 Å². The third-order valence-corrected chi connectivity index (χ3v) is 9.49. The van der Waals surface area contributed by atoms with Gasteiger partial charge < -0.3 is 4.42 Å². The lowest BCUT2D eigenvalue weighted by molar-refractivity contribution is 0.673. The lowest BCUT2D eigenvalue weighted by Gasteiger charge is -2.14. The zero-order chi connectivity index (χ0) is 32.3. The Kier molecular flexibility index (Phi) is 6.15.